The SMILES string of the molecule is COc1ccc(OC)c(N=Cc2cccc(OC)c2O)c1. The lowest BCUT2D eigenvalue weighted by atomic mass is 10.2. The first-order chi connectivity index (χ1) is 10.2. The first-order valence-electron chi connectivity index (χ1n) is 6.31. The fraction of sp³-hybridized carbons (Fsp3) is 0.188. The zero-order valence-electron chi connectivity index (χ0n) is 12.2. The molecule has 0 aromatic heterocycles. The van der Waals surface area contributed by atoms with Crippen molar-refractivity contribution in [2.24, 2.45) is 4.99 Å². The van der Waals surface area contributed by atoms with Crippen molar-refractivity contribution in [3.63, 3.8) is 0 Å². The normalized spacial score (nSPS) is 10.6. The number of ether oxygens (including phenoxy) is 3. The van der Waals surface area contributed by atoms with Gasteiger partial charge in [-0.05, 0) is 24.3 Å². The highest BCUT2D eigenvalue weighted by Gasteiger charge is 2.06. The minimum absolute atomic E-state index is 0.0469. The molecule has 0 amide bonds. The van der Waals surface area contributed by atoms with Crippen LogP contribution < -0.4 is 14.2 Å². The Labute approximate surface area is 123 Å². The van der Waals surface area contributed by atoms with Crippen molar-refractivity contribution < 1.29 is 19.3 Å². The first kappa shape index (κ1) is 14.7. The molecule has 0 atom stereocenters. The van der Waals surface area contributed by atoms with Crippen LogP contribution in [0.5, 0.6) is 23.0 Å². The number of aliphatic imine (C=N–C) groups is 1. The van der Waals surface area contributed by atoms with Gasteiger partial charge in [0.15, 0.2) is 11.5 Å². The van der Waals surface area contributed by atoms with E-state index in [-0.39, 0.29) is 5.75 Å². The number of hydrogen-bond acceptors (Lipinski definition) is 5. The second-order valence-electron chi connectivity index (χ2n) is 4.19. The van der Waals surface area contributed by atoms with E-state index < -0.39 is 0 Å². The molecule has 0 fully saturated rings. The van der Waals surface area contributed by atoms with Gasteiger partial charge in [-0.25, -0.2) is 0 Å². The molecule has 0 saturated heterocycles. The molecule has 21 heavy (non-hydrogen) atoms. The Hall–Kier alpha value is -2.69. The Bertz CT molecular complexity index is 653. The average molecular weight is 287 g/mol. The Kier molecular flexibility index (Phi) is 4.66. The molecule has 0 aliphatic rings. The summed E-state index contributed by atoms with van der Waals surface area (Å²) in [6.45, 7) is 0. The molecule has 0 aliphatic carbocycles. The number of phenols is 1. The van der Waals surface area contributed by atoms with Gasteiger partial charge < -0.3 is 19.3 Å². The second-order valence-corrected chi connectivity index (χ2v) is 4.19. The van der Waals surface area contributed by atoms with Crippen LogP contribution in [0, 0.1) is 0 Å². The third kappa shape index (κ3) is 3.25. The molecule has 2 aromatic rings. The Balaban J connectivity index is 2.37. The number of hydrogen-bond donors (Lipinski definition) is 1. The molecule has 0 bridgehead atoms. The first-order valence-corrected chi connectivity index (χ1v) is 6.31. The number of benzene rings is 2. The maximum absolute atomic E-state index is 10.0. The van der Waals surface area contributed by atoms with Gasteiger partial charge in [-0.2, -0.15) is 0 Å². The van der Waals surface area contributed by atoms with Gasteiger partial charge in [-0.15, -0.1) is 0 Å². The summed E-state index contributed by atoms with van der Waals surface area (Å²) >= 11 is 0. The van der Waals surface area contributed by atoms with E-state index in [0.717, 1.165) is 0 Å². The van der Waals surface area contributed by atoms with Gasteiger partial charge >= 0.3 is 0 Å². The predicted octanol–water partition coefficient (Wildman–Crippen LogP) is 3.17. The quantitative estimate of drug-likeness (QED) is 0.858. The Morgan fingerprint density at radius 3 is 2.38 bits per heavy atom. The molecule has 0 heterocycles. The molecule has 2 aromatic carbocycles. The van der Waals surface area contributed by atoms with E-state index in [4.69, 9.17) is 14.2 Å². The van der Waals surface area contributed by atoms with E-state index in [2.05, 4.69) is 4.99 Å². The molecule has 110 valence electrons. The molecule has 0 radical (unpaired) electrons. The van der Waals surface area contributed by atoms with Gasteiger partial charge in [0.25, 0.3) is 0 Å². The maximum atomic E-state index is 10.0. The fourth-order valence-electron chi connectivity index (χ4n) is 1.84. The predicted molar refractivity (Wildman–Crippen MR) is 81.5 cm³/mol. The summed E-state index contributed by atoms with van der Waals surface area (Å²) in [6, 6.07) is 10.5. The van der Waals surface area contributed by atoms with Gasteiger partial charge in [0.05, 0.1) is 21.3 Å². The van der Waals surface area contributed by atoms with Crippen LogP contribution in [-0.2, 0) is 0 Å². The smallest absolute Gasteiger partial charge is 0.166 e. The molecule has 5 nitrogen and oxygen atoms in total. The molecule has 2 rings (SSSR count). The fourth-order valence-corrected chi connectivity index (χ4v) is 1.84. The lowest BCUT2D eigenvalue weighted by Gasteiger charge is -2.07. The van der Waals surface area contributed by atoms with Crippen LogP contribution in [0.1, 0.15) is 5.56 Å². The summed E-state index contributed by atoms with van der Waals surface area (Å²) in [5, 5.41) is 10.0. The number of aromatic hydroxyl groups is 1. The van der Waals surface area contributed by atoms with Crippen molar-refractivity contribution in [3.05, 3.63) is 42.0 Å². The Morgan fingerprint density at radius 2 is 1.71 bits per heavy atom. The minimum atomic E-state index is 0.0469. The molecule has 0 unspecified atom stereocenters. The van der Waals surface area contributed by atoms with E-state index >= 15 is 0 Å². The third-order valence-electron chi connectivity index (χ3n) is 2.98. The zero-order chi connectivity index (χ0) is 15.2. The molecule has 0 aliphatic heterocycles. The summed E-state index contributed by atoms with van der Waals surface area (Å²) in [4.78, 5) is 4.35. The topological polar surface area (TPSA) is 60.3 Å². The van der Waals surface area contributed by atoms with E-state index in [1.165, 1.54) is 7.11 Å². The molecule has 0 saturated carbocycles. The second kappa shape index (κ2) is 6.65. The molecule has 0 spiro atoms. The lowest BCUT2D eigenvalue weighted by molar-refractivity contribution is 0.373. The highest BCUT2D eigenvalue weighted by Crippen LogP contribution is 2.33. The van der Waals surface area contributed by atoms with Gasteiger partial charge in [0.2, 0.25) is 0 Å². The number of methoxy groups -OCH3 is 3. The maximum Gasteiger partial charge on any atom is 0.166 e. The summed E-state index contributed by atoms with van der Waals surface area (Å²) in [5.41, 5.74) is 1.17. The molecular formula is C16H17NO4. The third-order valence-corrected chi connectivity index (χ3v) is 2.98. The van der Waals surface area contributed by atoms with Crippen LogP contribution >= 0.6 is 0 Å². The molecule has 5 heteroatoms. The van der Waals surface area contributed by atoms with E-state index in [9.17, 15) is 5.11 Å². The van der Waals surface area contributed by atoms with Crippen molar-refractivity contribution >= 4 is 11.9 Å². The highest BCUT2D eigenvalue weighted by atomic mass is 16.5. The van der Waals surface area contributed by atoms with Crippen LogP contribution in [0.3, 0.4) is 0 Å². The zero-order valence-corrected chi connectivity index (χ0v) is 12.2. The van der Waals surface area contributed by atoms with Crippen LogP contribution in [0.4, 0.5) is 5.69 Å². The van der Waals surface area contributed by atoms with E-state index in [1.807, 2.05) is 0 Å². The molecular weight excluding hydrogens is 270 g/mol. The van der Waals surface area contributed by atoms with Crippen molar-refractivity contribution in [1.29, 1.82) is 0 Å². The van der Waals surface area contributed by atoms with Crippen molar-refractivity contribution in [3.8, 4) is 23.0 Å². The van der Waals surface area contributed by atoms with Gasteiger partial charge in [0, 0.05) is 17.8 Å². The monoisotopic (exact) mass is 287 g/mol. The Morgan fingerprint density at radius 1 is 0.952 bits per heavy atom. The summed E-state index contributed by atoms with van der Waals surface area (Å²) < 4.78 is 15.5. The number of nitrogens with zero attached hydrogens (tertiary/aromatic N) is 1. The summed E-state index contributed by atoms with van der Waals surface area (Å²) in [7, 11) is 4.66. The average Bonchev–Trinajstić information content (AvgIpc) is 2.53. The van der Waals surface area contributed by atoms with Crippen molar-refractivity contribution in [2.45, 2.75) is 0 Å². The standard InChI is InChI=1S/C16H17NO4/c1-19-12-7-8-14(20-2)13(9-12)17-10-11-5-4-6-15(21-3)16(11)18/h4-10,18H,1-3H3. The van der Waals surface area contributed by atoms with Crippen molar-refractivity contribution in [2.75, 3.05) is 21.3 Å². The minimum Gasteiger partial charge on any atom is -0.504 e. The van der Waals surface area contributed by atoms with Gasteiger partial charge in [0.1, 0.15) is 17.2 Å². The summed E-state index contributed by atoms with van der Waals surface area (Å²) in [6.07, 6.45) is 1.55. The lowest BCUT2D eigenvalue weighted by Crippen LogP contribution is -1.89. The van der Waals surface area contributed by atoms with Gasteiger partial charge in [-0.3, -0.25) is 4.99 Å². The number of phenolic OH excluding ortho intramolecular Hbond substituents is 1. The van der Waals surface area contributed by atoms with Gasteiger partial charge in [-0.1, -0.05) is 6.07 Å². The number of para-hydroxylation sites is 1. The van der Waals surface area contributed by atoms with Crippen LogP contribution in [0.2, 0.25) is 0 Å². The van der Waals surface area contributed by atoms with Crippen LogP contribution in [-0.4, -0.2) is 32.7 Å². The van der Waals surface area contributed by atoms with E-state index in [0.29, 0.717) is 28.5 Å². The highest BCUT2D eigenvalue weighted by molar-refractivity contribution is 5.87. The number of rotatable bonds is 5. The summed E-state index contributed by atoms with van der Waals surface area (Å²) in [5.74, 6) is 1.74. The largest absolute Gasteiger partial charge is 0.504 e. The van der Waals surface area contributed by atoms with E-state index in [1.54, 1.807) is 56.8 Å². The van der Waals surface area contributed by atoms with Crippen LogP contribution in [0.25, 0.3) is 0 Å². The van der Waals surface area contributed by atoms with Crippen LogP contribution in [0.15, 0.2) is 41.4 Å². The molecule has 1 N–H and O–H groups in total. The van der Waals surface area contributed by atoms with Crippen molar-refractivity contribution in [1.82, 2.24) is 0 Å².